The van der Waals surface area contributed by atoms with E-state index >= 15 is 0 Å². The van der Waals surface area contributed by atoms with Crippen molar-refractivity contribution in [2.75, 3.05) is 6.61 Å². The summed E-state index contributed by atoms with van der Waals surface area (Å²) in [4.78, 5) is 54.2. The molecule has 0 aliphatic carbocycles. The number of hydrogen-bond donors (Lipinski definition) is 1. The molecule has 0 amide bonds. The fraction of sp³-hybridized carbons (Fsp3) is 0.172. The molecule has 0 saturated carbocycles. The summed E-state index contributed by atoms with van der Waals surface area (Å²) in [5.74, 6) is -0.978. The minimum Gasteiger partial charge on any atom is -0.478 e. The molecule has 1 aliphatic rings. The van der Waals surface area contributed by atoms with E-state index in [1.54, 1.807) is 57.2 Å². The van der Waals surface area contributed by atoms with Crippen LogP contribution in [0, 0.1) is 17.0 Å². The highest BCUT2D eigenvalue weighted by molar-refractivity contribution is 7.07. The van der Waals surface area contributed by atoms with Crippen LogP contribution in [-0.2, 0) is 9.53 Å². The zero-order chi connectivity index (χ0) is 29.4. The molecule has 3 heterocycles. The van der Waals surface area contributed by atoms with Gasteiger partial charge in [0.25, 0.3) is 11.2 Å². The van der Waals surface area contributed by atoms with Gasteiger partial charge in [-0.05, 0) is 50.6 Å². The van der Waals surface area contributed by atoms with Gasteiger partial charge in [-0.1, -0.05) is 35.6 Å². The molecule has 2 aromatic heterocycles. The molecule has 1 atom stereocenters. The van der Waals surface area contributed by atoms with Crippen molar-refractivity contribution in [3.8, 4) is 11.3 Å². The molecule has 5 rings (SSSR count). The van der Waals surface area contributed by atoms with Crippen LogP contribution in [0.1, 0.15) is 47.1 Å². The van der Waals surface area contributed by atoms with E-state index in [1.165, 1.54) is 28.8 Å². The maximum absolute atomic E-state index is 13.8. The van der Waals surface area contributed by atoms with Gasteiger partial charge in [-0.2, -0.15) is 0 Å². The van der Waals surface area contributed by atoms with Crippen molar-refractivity contribution >= 4 is 35.0 Å². The topological polar surface area (TPSA) is 154 Å². The molecular weight excluding hydrogens is 550 g/mol. The van der Waals surface area contributed by atoms with Crippen LogP contribution < -0.4 is 14.9 Å². The van der Waals surface area contributed by atoms with Crippen LogP contribution in [0.5, 0.6) is 0 Å². The summed E-state index contributed by atoms with van der Waals surface area (Å²) in [6, 6.07) is 13.2. The number of benzene rings is 2. The standard InChI is InChI=1S/C29H23N3O8S/c1-4-39-28(36)24-16(3)30-29-31(25(24)18-9-8-15(2)21(13-18)32(37)38)26(33)23(41-29)14-20-10-11-22(40-20)17-6-5-7-19(12-17)27(34)35/h5-14,25H,4H2,1-3H3,(H,34,35)/b23-14+/t25-/m0/s1. The fourth-order valence-corrected chi connectivity index (χ4v) is 5.65. The first-order valence-corrected chi connectivity index (χ1v) is 13.3. The first kappa shape index (κ1) is 27.5. The third-order valence-electron chi connectivity index (χ3n) is 6.56. The van der Waals surface area contributed by atoms with Crippen LogP contribution in [0.25, 0.3) is 17.4 Å². The van der Waals surface area contributed by atoms with Gasteiger partial charge >= 0.3 is 11.9 Å². The monoisotopic (exact) mass is 573 g/mol. The van der Waals surface area contributed by atoms with E-state index in [0.29, 0.717) is 38.7 Å². The maximum atomic E-state index is 13.8. The molecule has 0 spiro atoms. The van der Waals surface area contributed by atoms with Gasteiger partial charge in [0, 0.05) is 23.3 Å². The lowest BCUT2D eigenvalue weighted by molar-refractivity contribution is -0.385. The van der Waals surface area contributed by atoms with Crippen LogP contribution in [0.4, 0.5) is 5.69 Å². The number of rotatable bonds is 7. The number of thiazole rings is 1. The van der Waals surface area contributed by atoms with Crippen molar-refractivity contribution in [1.82, 2.24) is 4.57 Å². The number of ether oxygens (including phenoxy) is 1. The van der Waals surface area contributed by atoms with Crippen molar-refractivity contribution in [2.24, 2.45) is 4.99 Å². The van der Waals surface area contributed by atoms with Crippen molar-refractivity contribution in [2.45, 2.75) is 26.8 Å². The van der Waals surface area contributed by atoms with Crippen molar-refractivity contribution in [3.63, 3.8) is 0 Å². The van der Waals surface area contributed by atoms with Crippen LogP contribution in [0.15, 0.2) is 80.1 Å². The average Bonchev–Trinajstić information content (AvgIpc) is 3.52. The lowest BCUT2D eigenvalue weighted by Crippen LogP contribution is -2.40. The molecule has 208 valence electrons. The van der Waals surface area contributed by atoms with E-state index in [-0.39, 0.29) is 28.0 Å². The number of carbonyl (C=O) groups is 2. The van der Waals surface area contributed by atoms with Gasteiger partial charge < -0.3 is 14.3 Å². The normalized spacial score (nSPS) is 14.9. The summed E-state index contributed by atoms with van der Waals surface area (Å²) < 4.78 is 12.8. The number of fused-ring (bicyclic) bond motifs is 1. The molecule has 2 aromatic carbocycles. The number of aryl methyl sites for hydroxylation is 1. The van der Waals surface area contributed by atoms with Crippen LogP contribution in [0.2, 0.25) is 0 Å². The molecule has 4 aromatic rings. The summed E-state index contributed by atoms with van der Waals surface area (Å²) >= 11 is 1.08. The predicted molar refractivity (Wildman–Crippen MR) is 149 cm³/mol. The van der Waals surface area contributed by atoms with Gasteiger partial charge in [-0.15, -0.1) is 0 Å². The Morgan fingerprint density at radius 2 is 1.98 bits per heavy atom. The van der Waals surface area contributed by atoms with E-state index < -0.39 is 28.5 Å². The number of nitro benzene ring substituents is 1. The Morgan fingerprint density at radius 1 is 1.20 bits per heavy atom. The molecule has 0 saturated heterocycles. The molecule has 0 unspecified atom stereocenters. The minimum absolute atomic E-state index is 0.0942. The second kappa shape index (κ2) is 10.8. The van der Waals surface area contributed by atoms with E-state index in [0.717, 1.165) is 11.3 Å². The number of hydrogen-bond acceptors (Lipinski definition) is 9. The summed E-state index contributed by atoms with van der Waals surface area (Å²) in [5, 5.41) is 21.0. The molecule has 0 fully saturated rings. The third-order valence-corrected chi connectivity index (χ3v) is 7.54. The Hall–Kier alpha value is -5.10. The molecular formula is C29H23N3O8S. The number of nitrogens with zero attached hydrogens (tertiary/aromatic N) is 3. The zero-order valence-electron chi connectivity index (χ0n) is 22.1. The number of allylic oxidation sites excluding steroid dienone is 1. The number of aromatic carboxylic acids is 1. The SMILES string of the molecule is CCOC(=O)C1=C(C)N=c2s/c(=C/c3ccc(-c4cccc(C(=O)O)c4)o3)c(=O)n2[C@H]1c1ccc(C)c([N+](=O)[O-])c1. The maximum Gasteiger partial charge on any atom is 0.338 e. The van der Waals surface area contributed by atoms with Gasteiger partial charge in [0.2, 0.25) is 0 Å². The Balaban J connectivity index is 1.65. The smallest absolute Gasteiger partial charge is 0.338 e. The van der Waals surface area contributed by atoms with E-state index in [1.807, 2.05) is 0 Å². The largest absolute Gasteiger partial charge is 0.478 e. The number of aromatic nitrogens is 1. The average molecular weight is 574 g/mol. The number of furan rings is 1. The van der Waals surface area contributed by atoms with Gasteiger partial charge in [-0.3, -0.25) is 19.5 Å². The number of nitro groups is 1. The molecule has 1 aliphatic heterocycles. The third kappa shape index (κ3) is 5.12. The number of carbonyl (C=O) groups excluding carboxylic acids is 1. The summed E-state index contributed by atoms with van der Waals surface area (Å²) in [7, 11) is 0. The number of carboxylic acid groups (broad SMARTS) is 1. The Labute approximate surface area is 236 Å². The highest BCUT2D eigenvalue weighted by Gasteiger charge is 2.34. The number of esters is 1. The van der Waals surface area contributed by atoms with Crippen LogP contribution >= 0.6 is 11.3 Å². The van der Waals surface area contributed by atoms with Crippen molar-refractivity contribution in [1.29, 1.82) is 0 Å². The summed E-state index contributed by atoms with van der Waals surface area (Å²) in [5.41, 5.74) is 1.31. The van der Waals surface area contributed by atoms with Gasteiger partial charge in [0.05, 0.1) is 38.9 Å². The molecule has 1 N–H and O–H groups in total. The molecule has 0 radical (unpaired) electrons. The first-order valence-electron chi connectivity index (χ1n) is 12.5. The Bertz CT molecular complexity index is 1950. The highest BCUT2D eigenvalue weighted by atomic mass is 32.1. The van der Waals surface area contributed by atoms with Crippen LogP contribution in [-0.4, -0.2) is 33.1 Å². The van der Waals surface area contributed by atoms with Gasteiger partial charge in [0.1, 0.15) is 11.5 Å². The first-order chi connectivity index (χ1) is 19.6. The van der Waals surface area contributed by atoms with Gasteiger partial charge in [-0.25, -0.2) is 14.6 Å². The fourth-order valence-electron chi connectivity index (χ4n) is 4.62. The second-order valence-corrected chi connectivity index (χ2v) is 10.2. The lowest BCUT2D eigenvalue weighted by atomic mass is 9.94. The predicted octanol–water partition coefficient (Wildman–Crippen LogP) is 3.97. The Kier molecular flexibility index (Phi) is 7.24. The molecule has 41 heavy (non-hydrogen) atoms. The van der Waals surface area contributed by atoms with Gasteiger partial charge in [0.15, 0.2) is 4.80 Å². The quantitative estimate of drug-likeness (QED) is 0.198. The number of carboxylic acids is 1. The van der Waals surface area contributed by atoms with E-state index in [9.17, 15) is 29.6 Å². The highest BCUT2D eigenvalue weighted by Crippen LogP contribution is 2.33. The minimum atomic E-state index is -1.06. The zero-order valence-corrected chi connectivity index (χ0v) is 22.9. The van der Waals surface area contributed by atoms with Crippen molar-refractivity contribution < 1.29 is 28.8 Å². The Morgan fingerprint density at radius 3 is 2.68 bits per heavy atom. The van der Waals surface area contributed by atoms with E-state index in [2.05, 4.69) is 4.99 Å². The second-order valence-electron chi connectivity index (χ2n) is 9.19. The lowest BCUT2D eigenvalue weighted by Gasteiger charge is -2.24. The van der Waals surface area contributed by atoms with Crippen molar-refractivity contribution in [3.05, 3.63) is 118 Å². The summed E-state index contributed by atoms with van der Waals surface area (Å²) in [6.07, 6.45) is 1.53. The molecule has 0 bridgehead atoms. The molecule has 12 heteroatoms. The van der Waals surface area contributed by atoms with E-state index in [4.69, 9.17) is 9.15 Å². The van der Waals surface area contributed by atoms with Crippen LogP contribution in [0.3, 0.4) is 0 Å². The summed E-state index contributed by atoms with van der Waals surface area (Å²) in [6.45, 7) is 4.99. The molecule has 11 nitrogen and oxygen atoms in total.